The maximum absolute atomic E-state index is 12.4. The molecular weight excluding hydrogens is 565 g/mol. The van der Waals surface area contributed by atoms with Crippen molar-refractivity contribution in [3.8, 4) is 23.0 Å². The number of aromatic hydroxyl groups is 2. The molecule has 0 spiro atoms. The molecule has 206 valence electrons. The average Bonchev–Trinajstić information content (AvgIpc) is 3.36. The van der Waals surface area contributed by atoms with Gasteiger partial charge in [-0.15, -0.1) is 10.2 Å². The Morgan fingerprint density at radius 1 is 0.846 bits per heavy atom. The van der Waals surface area contributed by atoms with Crippen LogP contribution < -0.4 is 20.3 Å². The number of hydrogen-bond acceptors (Lipinski definition) is 13. The first-order chi connectivity index (χ1) is 18.7. The van der Waals surface area contributed by atoms with Crippen molar-refractivity contribution < 1.29 is 29.3 Å². The summed E-state index contributed by atoms with van der Waals surface area (Å²) >= 11 is 3.65. The quantitative estimate of drug-likeness (QED) is 0.140. The highest BCUT2D eigenvalue weighted by molar-refractivity contribution is 8.04. The largest absolute Gasteiger partial charge is 0.504 e. The van der Waals surface area contributed by atoms with Gasteiger partial charge in [0.05, 0.1) is 37.1 Å². The Morgan fingerprint density at radius 2 is 1.26 bits per heavy atom. The lowest BCUT2D eigenvalue weighted by molar-refractivity contribution is -0.121. The third kappa shape index (κ3) is 8.33. The molecule has 2 atom stereocenters. The summed E-state index contributed by atoms with van der Waals surface area (Å²) in [4.78, 5) is 24.8. The van der Waals surface area contributed by atoms with E-state index in [4.69, 9.17) is 9.47 Å². The number of aromatic nitrogens is 2. The summed E-state index contributed by atoms with van der Waals surface area (Å²) in [5.74, 6) is -0.291. The fraction of sp³-hybridized carbons (Fsp3) is 0.250. The Bertz CT molecular complexity index is 1270. The lowest BCUT2D eigenvalue weighted by Gasteiger charge is -2.08. The van der Waals surface area contributed by atoms with E-state index in [1.54, 1.807) is 50.2 Å². The minimum Gasteiger partial charge on any atom is -0.504 e. The second-order valence-corrected chi connectivity index (χ2v) is 11.8. The van der Waals surface area contributed by atoms with Crippen LogP contribution in [0.1, 0.15) is 25.0 Å². The summed E-state index contributed by atoms with van der Waals surface area (Å²) in [5, 5.41) is 35.1. The zero-order chi connectivity index (χ0) is 28.4. The Labute approximate surface area is 236 Å². The predicted octanol–water partition coefficient (Wildman–Crippen LogP) is 3.23. The van der Waals surface area contributed by atoms with E-state index in [1.165, 1.54) is 61.5 Å². The zero-order valence-electron chi connectivity index (χ0n) is 21.3. The summed E-state index contributed by atoms with van der Waals surface area (Å²) in [6.45, 7) is 3.39. The number of phenolic OH excluding ortho intramolecular Hbond substituents is 2. The number of phenols is 2. The van der Waals surface area contributed by atoms with Crippen molar-refractivity contribution in [1.82, 2.24) is 21.0 Å². The molecule has 0 saturated heterocycles. The van der Waals surface area contributed by atoms with Crippen molar-refractivity contribution in [2.24, 2.45) is 10.2 Å². The minimum atomic E-state index is -0.532. The second-order valence-electron chi connectivity index (χ2n) is 7.62. The van der Waals surface area contributed by atoms with E-state index in [9.17, 15) is 19.8 Å². The molecule has 0 unspecified atom stereocenters. The molecule has 0 fully saturated rings. The summed E-state index contributed by atoms with van der Waals surface area (Å²) in [6.07, 6.45) is 2.64. The fourth-order valence-electron chi connectivity index (χ4n) is 2.83. The van der Waals surface area contributed by atoms with E-state index in [-0.39, 0.29) is 23.3 Å². The van der Waals surface area contributed by atoms with E-state index in [1.807, 2.05) is 0 Å². The Hall–Kier alpha value is -3.82. The number of benzene rings is 2. The van der Waals surface area contributed by atoms with Gasteiger partial charge in [-0.1, -0.05) is 47.0 Å². The highest BCUT2D eigenvalue weighted by Crippen LogP contribution is 2.33. The summed E-state index contributed by atoms with van der Waals surface area (Å²) < 4.78 is 11.2. The fourth-order valence-corrected chi connectivity index (χ4v) is 6.13. The zero-order valence-corrected chi connectivity index (χ0v) is 23.8. The molecule has 15 heteroatoms. The van der Waals surface area contributed by atoms with Crippen LogP contribution in [-0.2, 0) is 9.59 Å². The molecule has 0 aliphatic carbocycles. The molecule has 2 aromatic carbocycles. The lowest BCUT2D eigenvalue weighted by Crippen LogP contribution is -2.26. The van der Waals surface area contributed by atoms with Crippen LogP contribution >= 0.6 is 34.9 Å². The van der Waals surface area contributed by atoms with Gasteiger partial charge < -0.3 is 19.7 Å². The van der Waals surface area contributed by atoms with Crippen LogP contribution in [0.2, 0.25) is 0 Å². The monoisotopic (exact) mass is 590 g/mol. The highest BCUT2D eigenvalue weighted by Gasteiger charge is 2.20. The van der Waals surface area contributed by atoms with Crippen molar-refractivity contribution in [3.05, 3.63) is 47.5 Å². The maximum Gasteiger partial charge on any atom is 0.253 e. The van der Waals surface area contributed by atoms with Gasteiger partial charge in [-0.25, -0.2) is 10.9 Å². The van der Waals surface area contributed by atoms with Crippen LogP contribution in [0.15, 0.2) is 55.3 Å². The molecule has 4 N–H and O–H groups in total. The topological polar surface area (TPSA) is 168 Å². The number of hydrazone groups is 2. The molecule has 0 radical (unpaired) electrons. The van der Waals surface area contributed by atoms with Gasteiger partial charge in [-0.3, -0.25) is 9.59 Å². The van der Waals surface area contributed by atoms with Crippen molar-refractivity contribution in [2.75, 3.05) is 14.2 Å². The molecule has 1 heterocycles. The molecule has 0 saturated carbocycles. The van der Waals surface area contributed by atoms with E-state index < -0.39 is 10.5 Å². The molecule has 0 bridgehead atoms. The summed E-state index contributed by atoms with van der Waals surface area (Å²) in [6, 6.07) is 9.86. The molecule has 39 heavy (non-hydrogen) atoms. The van der Waals surface area contributed by atoms with Gasteiger partial charge in [0.1, 0.15) is 0 Å². The Kier molecular flexibility index (Phi) is 11.0. The molecule has 3 rings (SSSR count). The number of rotatable bonds is 12. The van der Waals surface area contributed by atoms with Gasteiger partial charge in [0, 0.05) is 11.1 Å². The van der Waals surface area contributed by atoms with Crippen LogP contribution in [0.3, 0.4) is 0 Å². The van der Waals surface area contributed by atoms with Gasteiger partial charge in [-0.2, -0.15) is 10.2 Å². The Balaban J connectivity index is 1.47. The van der Waals surface area contributed by atoms with Gasteiger partial charge in [0.25, 0.3) is 11.8 Å². The van der Waals surface area contributed by atoms with E-state index in [2.05, 4.69) is 31.3 Å². The van der Waals surface area contributed by atoms with Crippen molar-refractivity contribution in [1.29, 1.82) is 0 Å². The number of carbonyl (C=O) groups is 2. The normalized spacial score (nSPS) is 12.8. The molecule has 1 aromatic heterocycles. The minimum absolute atomic E-state index is 0.0785. The van der Waals surface area contributed by atoms with Crippen LogP contribution in [0.4, 0.5) is 0 Å². The molecule has 3 aromatic rings. The first kappa shape index (κ1) is 29.7. The van der Waals surface area contributed by atoms with E-state index in [0.29, 0.717) is 31.3 Å². The smallest absolute Gasteiger partial charge is 0.253 e. The predicted molar refractivity (Wildman–Crippen MR) is 151 cm³/mol. The lowest BCUT2D eigenvalue weighted by atomic mass is 10.2. The van der Waals surface area contributed by atoms with E-state index in [0.717, 1.165) is 0 Å². The van der Waals surface area contributed by atoms with Crippen molar-refractivity contribution in [2.45, 2.75) is 33.0 Å². The van der Waals surface area contributed by atoms with Gasteiger partial charge in [-0.05, 0) is 38.1 Å². The summed E-state index contributed by atoms with van der Waals surface area (Å²) in [7, 11) is 2.88. The number of carbonyl (C=O) groups excluding carboxylic acids is 2. The third-order valence-corrected chi connectivity index (χ3v) is 8.23. The Morgan fingerprint density at radius 3 is 1.64 bits per heavy atom. The standard InChI is InChI=1S/C24H26N6O6S3/c1-13(21(33)27-25-11-15-7-5-9-17(35-3)19(15)31)37-23-29-30-24(39-23)38-14(2)22(34)28-26-12-16-8-6-10-18(36-4)20(16)32/h5-14,31-32H,1-4H3,(H,27,33)(H,28,34)/b25-11-,26-12-/t13-,14-/m0/s1. The number of ether oxygens (including phenoxy) is 2. The number of hydrogen-bond donors (Lipinski definition) is 4. The van der Waals surface area contributed by atoms with E-state index >= 15 is 0 Å². The number of methoxy groups -OCH3 is 2. The van der Waals surface area contributed by atoms with Crippen LogP contribution in [0.5, 0.6) is 23.0 Å². The summed E-state index contributed by atoms with van der Waals surface area (Å²) in [5.41, 5.74) is 5.65. The first-order valence-electron chi connectivity index (χ1n) is 11.3. The van der Waals surface area contributed by atoms with Crippen molar-refractivity contribution >= 4 is 59.1 Å². The molecular formula is C24H26N6O6S3. The molecule has 0 aliphatic heterocycles. The average molecular weight is 591 g/mol. The first-order valence-corrected chi connectivity index (χ1v) is 13.9. The van der Waals surface area contributed by atoms with Crippen LogP contribution in [0.25, 0.3) is 0 Å². The maximum atomic E-state index is 12.4. The number of nitrogens with zero attached hydrogens (tertiary/aromatic N) is 4. The number of nitrogens with one attached hydrogen (secondary N) is 2. The van der Waals surface area contributed by atoms with Crippen molar-refractivity contribution in [3.63, 3.8) is 0 Å². The molecule has 0 aliphatic rings. The number of para-hydroxylation sites is 2. The number of amides is 2. The molecule has 12 nitrogen and oxygen atoms in total. The van der Waals surface area contributed by atoms with Gasteiger partial charge >= 0.3 is 0 Å². The number of thioether (sulfide) groups is 2. The second kappa shape index (κ2) is 14.4. The third-order valence-electron chi connectivity index (χ3n) is 4.94. The van der Waals surface area contributed by atoms with Gasteiger partial charge in [0.15, 0.2) is 31.7 Å². The highest BCUT2D eigenvalue weighted by atomic mass is 32.2. The molecule has 2 amide bonds. The SMILES string of the molecule is COc1cccc(/C=N\NC(=O)[C@H](C)Sc2nnc(S[C@@H](C)C(=O)N/N=C\c3cccc(OC)c3O)s2)c1O. The van der Waals surface area contributed by atoms with Crippen LogP contribution in [-0.4, -0.2) is 69.4 Å². The van der Waals surface area contributed by atoms with Gasteiger partial charge in [0.2, 0.25) is 0 Å². The van der Waals surface area contributed by atoms with Crippen LogP contribution in [0, 0.1) is 0 Å².